The second kappa shape index (κ2) is 7.91. The van der Waals surface area contributed by atoms with Gasteiger partial charge in [-0.05, 0) is 19.4 Å². The molecule has 0 aromatic rings. The van der Waals surface area contributed by atoms with E-state index in [9.17, 15) is 4.79 Å². The Bertz CT molecular complexity index is 184. The Morgan fingerprint density at radius 2 is 2.33 bits per heavy atom. The van der Waals surface area contributed by atoms with Gasteiger partial charge >= 0.3 is 0 Å². The highest BCUT2D eigenvalue weighted by Crippen LogP contribution is 2.09. The maximum absolute atomic E-state index is 11.6. The van der Waals surface area contributed by atoms with Crippen LogP contribution < -0.4 is 5.32 Å². The molecule has 0 aliphatic carbocycles. The molecular weight excluding hydrogens is 216 g/mol. The van der Waals surface area contributed by atoms with Crippen LogP contribution in [0.1, 0.15) is 19.3 Å². The SMILES string of the molecule is COCCN(C)C(=O)CC1CCCN1.Cl. The molecule has 0 radical (unpaired) electrons. The van der Waals surface area contributed by atoms with E-state index < -0.39 is 0 Å². The summed E-state index contributed by atoms with van der Waals surface area (Å²) in [7, 11) is 3.48. The van der Waals surface area contributed by atoms with Crippen LogP contribution in [0.15, 0.2) is 0 Å². The largest absolute Gasteiger partial charge is 0.383 e. The highest BCUT2D eigenvalue weighted by atomic mass is 35.5. The first-order valence-electron chi connectivity index (χ1n) is 5.20. The fourth-order valence-corrected chi connectivity index (χ4v) is 1.65. The predicted molar refractivity (Wildman–Crippen MR) is 62.4 cm³/mol. The van der Waals surface area contributed by atoms with Gasteiger partial charge in [-0.15, -0.1) is 12.4 Å². The molecule has 0 aromatic heterocycles. The lowest BCUT2D eigenvalue weighted by Crippen LogP contribution is -2.35. The van der Waals surface area contributed by atoms with Crippen molar-refractivity contribution in [1.29, 1.82) is 0 Å². The first-order valence-corrected chi connectivity index (χ1v) is 5.20. The molecule has 4 nitrogen and oxygen atoms in total. The van der Waals surface area contributed by atoms with Crippen molar-refractivity contribution in [3.05, 3.63) is 0 Å². The molecule has 1 heterocycles. The lowest BCUT2D eigenvalue weighted by Gasteiger charge is -2.18. The van der Waals surface area contributed by atoms with Crippen molar-refractivity contribution in [2.75, 3.05) is 33.9 Å². The number of rotatable bonds is 5. The molecule has 1 saturated heterocycles. The molecule has 1 fully saturated rings. The van der Waals surface area contributed by atoms with Gasteiger partial charge in [0.1, 0.15) is 0 Å². The van der Waals surface area contributed by atoms with Crippen molar-refractivity contribution in [2.45, 2.75) is 25.3 Å². The minimum Gasteiger partial charge on any atom is -0.383 e. The Balaban J connectivity index is 0.00000196. The highest BCUT2D eigenvalue weighted by molar-refractivity contribution is 5.85. The zero-order valence-electron chi connectivity index (χ0n) is 9.49. The van der Waals surface area contributed by atoms with Crippen molar-refractivity contribution in [3.63, 3.8) is 0 Å². The van der Waals surface area contributed by atoms with E-state index in [1.165, 1.54) is 6.42 Å². The van der Waals surface area contributed by atoms with Crippen LogP contribution in [-0.2, 0) is 9.53 Å². The Hall–Kier alpha value is -0.320. The second-order valence-electron chi connectivity index (χ2n) is 3.81. The lowest BCUT2D eigenvalue weighted by atomic mass is 10.1. The van der Waals surface area contributed by atoms with E-state index in [4.69, 9.17) is 4.74 Å². The third kappa shape index (κ3) is 5.35. The van der Waals surface area contributed by atoms with Crippen LogP contribution in [0.5, 0.6) is 0 Å². The minimum atomic E-state index is 0. The summed E-state index contributed by atoms with van der Waals surface area (Å²) in [6.45, 7) is 2.35. The van der Waals surface area contributed by atoms with E-state index in [-0.39, 0.29) is 18.3 Å². The number of methoxy groups -OCH3 is 1. The molecule has 0 saturated carbocycles. The first kappa shape index (κ1) is 14.7. The van der Waals surface area contributed by atoms with Crippen LogP contribution in [0.4, 0.5) is 0 Å². The normalized spacial score (nSPS) is 19.7. The fourth-order valence-electron chi connectivity index (χ4n) is 1.65. The Labute approximate surface area is 97.8 Å². The van der Waals surface area contributed by atoms with Crippen LogP contribution >= 0.6 is 12.4 Å². The molecular formula is C10H21ClN2O2. The standard InChI is InChI=1S/C10H20N2O2.ClH/c1-12(6-7-14-2)10(13)8-9-4-3-5-11-9;/h9,11H,3-8H2,1-2H3;1H. The summed E-state index contributed by atoms with van der Waals surface area (Å²) in [5, 5.41) is 3.32. The molecule has 15 heavy (non-hydrogen) atoms. The zero-order chi connectivity index (χ0) is 10.4. The number of hydrogen-bond donors (Lipinski definition) is 1. The van der Waals surface area contributed by atoms with Crippen molar-refractivity contribution in [2.24, 2.45) is 0 Å². The molecule has 0 bridgehead atoms. The molecule has 1 atom stereocenters. The molecule has 0 spiro atoms. The van der Waals surface area contributed by atoms with Gasteiger partial charge in [-0.25, -0.2) is 0 Å². The summed E-state index contributed by atoms with van der Waals surface area (Å²) in [6, 6.07) is 0.396. The fraction of sp³-hybridized carbons (Fsp3) is 0.900. The number of likely N-dealkylation sites (N-methyl/N-ethyl adjacent to an activating group) is 1. The minimum absolute atomic E-state index is 0. The molecule has 1 amide bonds. The van der Waals surface area contributed by atoms with Gasteiger partial charge in [-0.3, -0.25) is 4.79 Å². The van der Waals surface area contributed by atoms with E-state index in [1.807, 2.05) is 7.05 Å². The van der Waals surface area contributed by atoms with Crippen LogP contribution in [-0.4, -0.2) is 50.7 Å². The van der Waals surface area contributed by atoms with Gasteiger partial charge in [0.2, 0.25) is 5.91 Å². The van der Waals surface area contributed by atoms with Gasteiger partial charge in [0.15, 0.2) is 0 Å². The number of carbonyl (C=O) groups is 1. The molecule has 90 valence electrons. The van der Waals surface area contributed by atoms with Crippen molar-refractivity contribution in [3.8, 4) is 0 Å². The van der Waals surface area contributed by atoms with Crippen molar-refractivity contribution < 1.29 is 9.53 Å². The first-order chi connectivity index (χ1) is 6.74. The quantitative estimate of drug-likeness (QED) is 0.763. The molecule has 1 unspecified atom stereocenters. The molecule has 1 aliphatic rings. The van der Waals surface area contributed by atoms with Gasteiger partial charge in [-0.2, -0.15) is 0 Å². The molecule has 1 rings (SSSR count). The number of carbonyl (C=O) groups excluding carboxylic acids is 1. The van der Waals surface area contributed by atoms with Gasteiger partial charge in [0, 0.05) is 33.2 Å². The smallest absolute Gasteiger partial charge is 0.223 e. The van der Waals surface area contributed by atoms with Gasteiger partial charge in [0.25, 0.3) is 0 Å². The highest BCUT2D eigenvalue weighted by Gasteiger charge is 2.19. The van der Waals surface area contributed by atoms with Crippen LogP contribution in [0, 0.1) is 0 Å². The maximum Gasteiger partial charge on any atom is 0.223 e. The Morgan fingerprint density at radius 3 is 2.87 bits per heavy atom. The third-order valence-electron chi connectivity index (χ3n) is 2.64. The predicted octanol–water partition coefficient (Wildman–Crippen LogP) is 0.655. The number of nitrogens with zero attached hydrogens (tertiary/aromatic N) is 1. The number of ether oxygens (including phenoxy) is 1. The van der Waals surface area contributed by atoms with Crippen molar-refractivity contribution >= 4 is 18.3 Å². The van der Waals surface area contributed by atoms with Crippen molar-refractivity contribution in [1.82, 2.24) is 10.2 Å². The zero-order valence-corrected chi connectivity index (χ0v) is 10.3. The van der Waals surface area contributed by atoms with E-state index in [2.05, 4.69) is 5.32 Å². The Kier molecular flexibility index (Phi) is 7.74. The average molecular weight is 237 g/mol. The third-order valence-corrected chi connectivity index (χ3v) is 2.64. The van der Waals surface area contributed by atoms with Gasteiger partial charge in [-0.1, -0.05) is 0 Å². The average Bonchev–Trinajstić information content (AvgIpc) is 2.66. The Morgan fingerprint density at radius 1 is 1.60 bits per heavy atom. The van der Waals surface area contributed by atoms with Crippen LogP contribution in [0.2, 0.25) is 0 Å². The van der Waals surface area contributed by atoms with E-state index in [0.29, 0.717) is 25.6 Å². The van der Waals surface area contributed by atoms with Gasteiger partial charge < -0.3 is 15.0 Å². The summed E-state index contributed by atoms with van der Waals surface area (Å²) < 4.78 is 4.92. The van der Waals surface area contributed by atoms with E-state index in [1.54, 1.807) is 12.0 Å². The van der Waals surface area contributed by atoms with Crippen LogP contribution in [0.3, 0.4) is 0 Å². The molecule has 1 N–H and O–H groups in total. The van der Waals surface area contributed by atoms with E-state index >= 15 is 0 Å². The monoisotopic (exact) mass is 236 g/mol. The summed E-state index contributed by atoms with van der Waals surface area (Å²) in [4.78, 5) is 13.4. The maximum atomic E-state index is 11.6. The molecule has 0 aromatic carbocycles. The summed E-state index contributed by atoms with van der Waals surface area (Å²) in [5.41, 5.74) is 0. The van der Waals surface area contributed by atoms with E-state index in [0.717, 1.165) is 13.0 Å². The molecule has 5 heteroatoms. The number of halogens is 1. The summed E-state index contributed by atoms with van der Waals surface area (Å²) in [5.74, 6) is 0.210. The number of hydrogen-bond acceptors (Lipinski definition) is 3. The number of nitrogens with one attached hydrogen (secondary N) is 1. The lowest BCUT2D eigenvalue weighted by molar-refractivity contribution is -0.130. The van der Waals surface area contributed by atoms with Gasteiger partial charge in [0.05, 0.1) is 6.61 Å². The summed E-state index contributed by atoms with van der Waals surface area (Å²) in [6.07, 6.45) is 2.95. The summed E-state index contributed by atoms with van der Waals surface area (Å²) >= 11 is 0. The number of amides is 1. The van der Waals surface area contributed by atoms with Crippen LogP contribution in [0.25, 0.3) is 0 Å². The molecule has 1 aliphatic heterocycles. The second-order valence-corrected chi connectivity index (χ2v) is 3.81. The topological polar surface area (TPSA) is 41.6 Å².